The first-order valence-electron chi connectivity index (χ1n) is 5.62. The number of aromatic nitrogens is 1. The van der Waals surface area contributed by atoms with Crippen LogP contribution in [0.15, 0.2) is 10.9 Å². The number of morpholine rings is 1. The van der Waals surface area contributed by atoms with Crippen molar-refractivity contribution in [2.45, 2.75) is 25.4 Å². The summed E-state index contributed by atoms with van der Waals surface area (Å²) in [6.07, 6.45) is 0.120. The molecule has 2 heterocycles. The van der Waals surface area contributed by atoms with Crippen molar-refractivity contribution in [2.75, 3.05) is 19.8 Å². The van der Waals surface area contributed by atoms with Crippen LogP contribution in [0.4, 0.5) is 0 Å². The van der Waals surface area contributed by atoms with Crippen LogP contribution in [0.2, 0.25) is 0 Å². The number of ether oxygens (including phenoxy) is 1. The van der Waals surface area contributed by atoms with Gasteiger partial charge in [-0.2, -0.15) is 0 Å². The molecule has 0 saturated carbocycles. The molecule has 2 unspecified atom stereocenters. The molecular formula is C11H16N2O3S. The van der Waals surface area contributed by atoms with Crippen LogP contribution in [0.25, 0.3) is 0 Å². The Labute approximate surface area is 104 Å². The van der Waals surface area contributed by atoms with E-state index in [0.717, 1.165) is 12.2 Å². The van der Waals surface area contributed by atoms with Crippen LogP contribution in [0.3, 0.4) is 0 Å². The summed E-state index contributed by atoms with van der Waals surface area (Å²) in [5.74, 6) is -0.782. The summed E-state index contributed by atoms with van der Waals surface area (Å²) in [5, 5.41) is 10.9. The van der Waals surface area contributed by atoms with Gasteiger partial charge in [-0.05, 0) is 6.92 Å². The summed E-state index contributed by atoms with van der Waals surface area (Å²) in [7, 11) is 0. The van der Waals surface area contributed by atoms with Gasteiger partial charge in [0.1, 0.15) is 0 Å². The van der Waals surface area contributed by atoms with Gasteiger partial charge >= 0.3 is 5.97 Å². The van der Waals surface area contributed by atoms with Crippen LogP contribution < -0.4 is 0 Å². The minimum absolute atomic E-state index is 0.0575. The Bertz CT molecular complexity index is 369. The van der Waals surface area contributed by atoms with E-state index in [-0.39, 0.29) is 18.5 Å². The predicted octanol–water partition coefficient (Wildman–Crippen LogP) is 1.38. The van der Waals surface area contributed by atoms with Crippen LogP contribution in [0.5, 0.6) is 0 Å². The van der Waals surface area contributed by atoms with Crippen molar-refractivity contribution in [1.29, 1.82) is 0 Å². The summed E-state index contributed by atoms with van der Waals surface area (Å²) >= 11 is 1.56. The molecule has 1 aliphatic heterocycles. The van der Waals surface area contributed by atoms with Gasteiger partial charge in [0.15, 0.2) is 0 Å². The summed E-state index contributed by atoms with van der Waals surface area (Å²) in [5.41, 5.74) is 2.81. The third-order valence-electron chi connectivity index (χ3n) is 3.06. The van der Waals surface area contributed by atoms with Crippen molar-refractivity contribution >= 4 is 17.3 Å². The number of aliphatic carboxylic acids is 1. The van der Waals surface area contributed by atoms with Crippen molar-refractivity contribution in [3.8, 4) is 0 Å². The quantitative estimate of drug-likeness (QED) is 0.881. The van der Waals surface area contributed by atoms with Gasteiger partial charge in [0.25, 0.3) is 0 Å². The fraction of sp³-hybridized carbons (Fsp3) is 0.636. The number of thiazole rings is 1. The lowest BCUT2D eigenvalue weighted by Crippen LogP contribution is -2.47. The first-order chi connectivity index (χ1) is 8.18. The van der Waals surface area contributed by atoms with Crippen LogP contribution in [-0.4, -0.2) is 46.8 Å². The standard InChI is InChI=1S/C11H16N2O3S/c1-8(10-6-17-7-12-10)13-2-3-16-5-9(13)4-11(14)15/h6-9H,2-5H2,1H3,(H,14,15). The highest BCUT2D eigenvalue weighted by atomic mass is 32.1. The molecule has 0 radical (unpaired) electrons. The molecule has 1 N–H and O–H groups in total. The number of carboxylic acid groups (broad SMARTS) is 1. The monoisotopic (exact) mass is 256 g/mol. The number of rotatable bonds is 4. The van der Waals surface area contributed by atoms with E-state index in [2.05, 4.69) is 16.8 Å². The molecule has 1 aromatic rings. The van der Waals surface area contributed by atoms with Crippen molar-refractivity contribution in [3.05, 3.63) is 16.6 Å². The molecule has 6 heteroatoms. The summed E-state index contributed by atoms with van der Waals surface area (Å²) in [6, 6.07) is 0.0902. The zero-order valence-corrected chi connectivity index (χ0v) is 10.5. The first kappa shape index (κ1) is 12.5. The van der Waals surface area contributed by atoms with Gasteiger partial charge in [-0.15, -0.1) is 11.3 Å². The Hall–Kier alpha value is -0.980. The average Bonchev–Trinajstić information content (AvgIpc) is 2.81. The SMILES string of the molecule is CC(c1cscn1)N1CCOCC1CC(=O)O. The van der Waals surface area contributed by atoms with Crippen LogP contribution in [0.1, 0.15) is 25.1 Å². The highest BCUT2D eigenvalue weighted by molar-refractivity contribution is 7.07. The molecule has 0 aliphatic carbocycles. The zero-order chi connectivity index (χ0) is 12.3. The highest BCUT2D eigenvalue weighted by Crippen LogP contribution is 2.25. The van der Waals surface area contributed by atoms with Crippen molar-refractivity contribution in [3.63, 3.8) is 0 Å². The van der Waals surface area contributed by atoms with Gasteiger partial charge in [-0.25, -0.2) is 4.98 Å². The van der Waals surface area contributed by atoms with Crippen LogP contribution in [-0.2, 0) is 9.53 Å². The molecule has 0 aromatic carbocycles. The van der Waals surface area contributed by atoms with Gasteiger partial charge in [0, 0.05) is 18.0 Å². The zero-order valence-electron chi connectivity index (χ0n) is 9.70. The normalized spacial score (nSPS) is 23.5. The second-order valence-corrected chi connectivity index (χ2v) is 4.87. The summed E-state index contributed by atoms with van der Waals surface area (Å²) in [6.45, 7) is 3.97. The molecule has 1 saturated heterocycles. The van der Waals surface area contributed by atoms with E-state index in [4.69, 9.17) is 9.84 Å². The molecule has 5 nitrogen and oxygen atoms in total. The molecule has 1 aliphatic rings. The molecule has 1 aromatic heterocycles. The fourth-order valence-corrected chi connectivity index (χ4v) is 2.79. The third-order valence-corrected chi connectivity index (χ3v) is 3.66. The topological polar surface area (TPSA) is 62.7 Å². The van der Waals surface area contributed by atoms with Crippen molar-refractivity contribution in [1.82, 2.24) is 9.88 Å². The van der Waals surface area contributed by atoms with Gasteiger partial charge < -0.3 is 9.84 Å². The first-order valence-corrected chi connectivity index (χ1v) is 6.56. The maximum Gasteiger partial charge on any atom is 0.305 e. The van der Waals surface area contributed by atoms with Gasteiger partial charge in [-0.1, -0.05) is 0 Å². The average molecular weight is 256 g/mol. The van der Waals surface area contributed by atoms with Crippen molar-refractivity contribution < 1.29 is 14.6 Å². The Kier molecular flexibility index (Phi) is 4.09. The Morgan fingerprint density at radius 2 is 2.65 bits per heavy atom. The van der Waals surface area contributed by atoms with Crippen LogP contribution >= 0.6 is 11.3 Å². The minimum Gasteiger partial charge on any atom is -0.481 e. The maximum atomic E-state index is 10.8. The lowest BCUT2D eigenvalue weighted by Gasteiger charge is -2.38. The Morgan fingerprint density at radius 3 is 3.29 bits per heavy atom. The third kappa shape index (κ3) is 3.02. The lowest BCUT2D eigenvalue weighted by atomic mass is 10.1. The molecular weight excluding hydrogens is 240 g/mol. The number of carbonyl (C=O) groups is 1. The van der Waals surface area contributed by atoms with Gasteiger partial charge in [-0.3, -0.25) is 9.69 Å². The fourth-order valence-electron chi connectivity index (χ4n) is 2.15. The highest BCUT2D eigenvalue weighted by Gasteiger charge is 2.30. The molecule has 0 bridgehead atoms. The second-order valence-electron chi connectivity index (χ2n) is 4.15. The van der Waals surface area contributed by atoms with E-state index < -0.39 is 5.97 Å². The molecule has 94 valence electrons. The molecule has 2 rings (SSSR count). The number of nitrogens with zero attached hydrogens (tertiary/aromatic N) is 2. The van der Waals surface area contributed by atoms with E-state index in [1.807, 2.05) is 5.38 Å². The Balaban J connectivity index is 2.07. The number of carboxylic acids is 1. The van der Waals surface area contributed by atoms with Crippen molar-refractivity contribution in [2.24, 2.45) is 0 Å². The smallest absolute Gasteiger partial charge is 0.305 e. The Morgan fingerprint density at radius 1 is 1.82 bits per heavy atom. The van der Waals surface area contributed by atoms with Gasteiger partial charge in [0.2, 0.25) is 0 Å². The minimum atomic E-state index is -0.782. The van der Waals surface area contributed by atoms with E-state index in [9.17, 15) is 4.79 Å². The maximum absolute atomic E-state index is 10.8. The molecule has 0 spiro atoms. The van der Waals surface area contributed by atoms with Gasteiger partial charge in [0.05, 0.1) is 36.9 Å². The van der Waals surface area contributed by atoms with E-state index >= 15 is 0 Å². The molecule has 17 heavy (non-hydrogen) atoms. The number of hydrogen-bond donors (Lipinski definition) is 1. The summed E-state index contributed by atoms with van der Waals surface area (Å²) < 4.78 is 5.36. The second kappa shape index (κ2) is 5.57. The summed E-state index contributed by atoms with van der Waals surface area (Å²) in [4.78, 5) is 17.3. The molecule has 2 atom stereocenters. The number of hydrogen-bond acceptors (Lipinski definition) is 5. The van der Waals surface area contributed by atoms with E-state index in [1.165, 1.54) is 0 Å². The molecule has 1 fully saturated rings. The molecule has 0 amide bonds. The van der Waals surface area contributed by atoms with E-state index in [1.54, 1.807) is 16.8 Å². The lowest BCUT2D eigenvalue weighted by molar-refractivity contribution is -0.140. The van der Waals surface area contributed by atoms with E-state index in [0.29, 0.717) is 13.2 Å². The van der Waals surface area contributed by atoms with Crippen LogP contribution in [0, 0.1) is 0 Å². The predicted molar refractivity (Wildman–Crippen MR) is 64.1 cm³/mol. The largest absolute Gasteiger partial charge is 0.481 e.